The van der Waals surface area contributed by atoms with Gasteiger partial charge in [-0.1, -0.05) is 33.1 Å². The Bertz CT molecular complexity index is 196. The van der Waals surface area contributed by atoms with Crippen LogP contribution in [0.4, 0.5) is 0 Å². The van der Waals surface area contributed by atoms with E-state index >= 15 is 0 Å². The largest absolute Gasteiger partial charge is 0.474 e. The number of hydrogen-bond acceptors (Lipinski definition) is 4. The summed E-state index contributed by atoms with van der Waals surface area (Å²) in [5, 5.41) is 0. The molecule has 5 heteroatoms. The molecule has 0 N–H and O–H groups in total. The average molecular weight is 252 g/mol. The van der Waals surface area contributed by atoms with E-state index in [1.807, 2.05) is 0 Å². The third-order valence-electron chi connectivity index (χ3n) is 2.03. The number of hydrogen-bond donors (Lipinski definition) is 0. The van der Waals surface area contributed by atoms with E-state index in [1.54, 1.807) is 6.92 Å². The van der Waals surface area contributed by atoms with Crippen molar-refractivity contribution >= 4 is 7.82 Å². The highest BCUT2D eigenvalue weighted by Gasteiger charge is 2.25. The molecule has 0 rings (SSSR count). The highest BCUT2D eigenvalue weighted by Crippen LogP contribution is 2.49. The minimum Gasteiger partial charge on any atom is -0.287 e. The van der Waals surface area contributed by atoms with Crippen LogP contribution in [0.25, 0.3) is 0 Å². The van der Waals surface area contributed by atoms with Crippen LogP contribution in [-0.2, 0) is 18.1 Å². The van der Waals surface area contributed by atoms with Gasteiger partial charge in [-0.25, -0.2) is 4.57 Å². The minimum atomic E-state index is -3.29. The first kappa shape index (κ1) is 16.1. The molecule has 0 spiro atoms. The SMILES string of the molecule is CCCCCOP(=O)(OCC)OCCCC. The molecule has 0 aliphatic heterocycles. The Hall–Kier alpha value is 0.110. The monoisotopic (exact) mass is 252 g/mol. The molecule has 0 amide bonds. The van der Waals surface area contributed by atoms with E-state index < -0.39 is 7.82 Å². The van der Waals surface area contributed by atoms with Crippen molar-refractivity contribution in [1.29, 1.82) is 0 Å². The summed E-state index contributed by atoms with van der Waals surface area (Å²) in [5.74, 6) is 0. The van der Waals surface area contributed by atoms with Crippen molar-refractivity contribution in [1.82, 2.24) is 0 Å². The lowest BCUT2D eigenvalue weighted by atomic mass is 10.3. The van der Waals surface area contributed by atoms with Gasteiger partial charge in [-0.2, -0.15) is 0 Å². The van der Waals surface area contributed by atoms with Gasteiger partial charge in [-0.15, -0.1) is 0 Å². The predicted molar refractivity (Wildman–Crippen MR) is 65.6 cm³/mol. The third kappa shape index (κ3) is 8.28. The van der Waals surface area contributed by atoms with E-state index in [2.05, 4.69) is 13.8 Å². The molecular weight excluding hydrogens is 227 g/mol. The molecule has 0 fully saturated rings. The fourth-order valence-electron chi connectivity index (χ4n) is 1.12. The zero-order valence-corrected chi connectivity index (χ0v) is 11.6. The fourth-order valence-corrected chi connectivity index (χ4v) is 2.36. The van der Waals surface area contributed by atoms with Crippen molar-refractivity contribution in [2.45, 2.75) is 52.9 Å². The molecule has 0 bridgehead atoms. The average Bonchev–Trinajstić information content (AvgIpc) is 2.25. The molecule has 0 saturated heterocycles. The smallest absolute Gasteiger partial charge is 0.287 e. The van der Waals surface area contributed by atoms with Gasteiger partial charge >= 0.3 is 7.82 Å². The first-order valence-corrected chi connectivity index (χ1v) is 7.68. The predicted octanol–water partition coefficient (Wildman–Crippen LogP) is 4.15. The number of rotatable bonds is 11. The van der Waals surface area contributed by atoms with E-state index in [4.69, 9.17) is 13.6 Å². The van der Waals surface area contributed by atoms with Crippen LogP contribution in [0.5, 0.6) is 0 Å². The summed E-state index contributed by atoms with van der Waals surface area (Å²) in [5.41, 5.74) is 0. The van der Waals surface area contributed by atoms with Crippen molar-refractivity contribution < 1.29 is 18.1 Å². The lowest BCUT2D eigenvalue weighted by Crippen LogP contribution is -2.02. The van der Waals surface area contributed by atoms with Crippen molar-refractivity contribution in [2.24, 2.45) is 0 Å². The molecule has 0 radical (unpaired) electrons. The molecule has 0 saturated carbocycles. The number of unbranched alkanes of at least 4 members (excludes halogenated alkanes) is 3. The van der Waals surface area contributed by atoms with Gasteiger partial charge in [0.25, 0.3) is 0 Å². The normalized spacial score (nSPS) is 14.9. The van der Waals surface area contributed by atoms with Gasteiger partial charge in [-0.05, 0) is 19.8 Å². The maximum Gasteiger partial charge on any atom is 0.474 e. The summed E-state index contributed by atoms with van der Waals surface area (Å²) in [6, 6.07) is 0. The van der Waals surface area contributed by atoms with Crippen molar-refractivity contribution in [3.8, 4) is 0 Å². The number of phosphoric ester groups is 1. The minimum absolute atomic E-state index is 0.344. The van der Waals surface area contributed by atoms with Gasteiger partial charge < -0.3 is 0 Å². The van der Waals surface area contributed by atoms with Crippen LogP contribution in [0.15, 0.2) is 0 Å². The summed E-state index contributed by atoms with van der Waals surface area (Å²) in [6.07, 6.45) is 4.95. The maximum absolute atomic E-state index is 12.0. The first-order chi connectivity index (χ1) is 7.68. The summed E-state index contributed by atoms with van der Waals surface area (Å²) in [7, 11) is -3.29. The first-order valence-electron chi connectivity index (χ1n) is 6.22. The second-order valence-electron chi connectivity index (χ2n) is 3.59. The lowest BCUT2D eigenvalue weighted by Gasteiger charge is -2.16. The summed E-state index contributed by atoms with van der Waals surface area (Å²) in [6.45, 7) is 7.16. The molecular formula is C11H25O4P. The standard InChI is InChI=1S/C11H25O4P/c1-4-7-9-11-15-16(12,13-6-3)14-10-8-5-2/h4-11H2,1-3H3. The van der Waals surface area contributed by atoms with Gasteiger partial charge in [0.15, 0.2) is 0 Å². The Kier molecular flexibility index (Phi) is 10.3. The summed E-state index contributed by atoms with van der Waals surface area (Å²) < 4.78 is 27.5. The molecule has 0 aromatic rings. The molecule has 0 aromatic heterocycles. The molecule has 1 unspecified atom stereocenters. The van der Waals surface area contributed by atoms with Gasteiger partial charge in [0.2, 0.25) is 0 Å². The second-order valence-corrected chi connectivity index (χ2v) is 5.26. The molecule has 16 heavy (non-hydrogen) atoms. The van der Waals surface area contributed by atoms with Crippen LogP contribution < -0.4 is 0 Å². The molecule has 0 aromatic carbocycles. The van der Waals surface area contributed by atoms with Crippen LogP contribution in [0.1, 0.15) is 52.9 Å². The third-order valence-corrected chi connectivity index (χ3v) is 3.60. The van der Waals surface area contributed by atoms with Crippen molar-refractivity contribution in [2.75, 3.05) is 19.8 Å². The zero-order chi connectivity index (χ0) is 12.3. The molecule has 0 aliphatic rings. The Morgan fingerprint density at radius 2 is 1.38 bits per heavy atom. The van der Waals surface area contributed by atoms with Crippen LogP contribution in [-0.4, -0.2) is 19.8 Å². The van der Waals surface area contributed by atoms with Crippen LogP contribution in [0, 0.1) is 0 Å². The Labute approximate surface area is 99.3 Å². The summed E-state index contributed by atoms with van der Waals surface area (Å²) in [4.78, 5) is 0. The zero-order valence-electron chi connectivity index (χ0n) is 10.7. The maximum atomic E-state index is 12.0. The summed E-state index contributed by atoms with van der Waals surface area (Å²) >= 11 is 0. The Morgan fingerprint density at radius 1 is 0.812 bits per heavy atom. The van der Waals surface area contributed by atoms with E-state index in [0.29, 0.717) is 19.8 Å². The molecule has 98 valence electrons. The highest BCUT2D eigenvalue weighted by atomic mass is 31.2. The lowest BCUT2D eigenvalue weighted by molar-refractivity contribution is 0.114. The van der Waals surface area contributed by atoms with Gasteiger partial charge in [0.1, 0.15) is 0 Å². The van der Waals surface area contributed by atoms with E-state index in [9.17, 15) is 4.57 Å². The number of phosphoric acid groups is 1. The molecule has 0 aliphatic carbocycles. The second kappa shape index (κ2) is 10.3. The molecule has 4 nitrogen and oxygen atoms in total. The quantitative estimate of drug-likeness (QED) is 0.409. The van der Waals surface area contributed by atoms with E-state index in [0.717, 1.165) is 32.1 Å². The molecule has 1 atom stereocenters. The van der Waals surface area contributed by atoms with Crippen LogP contribution in [0.3, 0.4) is 0 Å². The van der Waals surface area contributed by atoms with E-state index in [-0.39, 0.29) is 0 Å². The van der Waals surface area contributed by atoms with Crippen molar-refractivity contribution in [3.63, 3.8) is 0 Å². The van der Waals surface area contributed by atoms with E-state index in [1.165, 1.54) is 0 Å². The topological polar surface area (TPSA) is 44.8 Å². The fraction of sp³-hybridized carbons (Fsp3) is 1.00. The van der Waals surface area contributed by atoms with Gasteiger partial charge in [0, 0.05) is 0 Å². The van der Waals surface area contributed by atoms with Crippen molar-refractivity contribution in [3.05, 3.63) is 0 Å². The Morgan fingerprint density at radius 3 is 1.88 bits per heavy atom. The Balaban J connectivity index is 3.86. The van der Waals surface area contributed by atoms with Crippen LogP contribution >= 0.6 is 7.82 Å². The van der Waals surface area contributed by atoms with Gasteiger partial charge in [-0.3, -0.25) is 13.6 Å². The van der Waals surface area contributed by atoms with Gasteiger partial charge in [0.05, 0.1) is 19.8 Å². The highest BCUT2D eigenvalue weighted by molar-refractivity contribution is 7.48. The molecule has 0 heterocycles. The van der Waals surface area contributed by atoms with Crippen LogP contribution in [0.2, 0.25) is 0 Å².